The average Bonchev–Trinajstić information content (AvgIpc) is 2.90. The van der Waals surface area contributed by atoms with Gasteiger partial charge in [-0.1, -0.05) is 23.8 Å². The summed E-state index contributed by atoms with van der Waals surface area (Å²) in [6.45, 7) is 0.566. The first kappa shape index (κ1) is 24.6. The first-order valence-corrected chi connectivity index (χ1v) is 12.1. The zero-order valence-electron chi connectivity index (χ0n) is 20.9. The van der Waals surface area contributed by atoms with E-state index in [-0.39, 0.29) is 11.8 Å². The van der Waals surface area contributed by atoms with Gasteiger partial charge in [-0.2, -0.15) is 0 Å². The van der Waals surface area contributed by atoms with Crippen molar-refractivity contribution < 1.29 is 23.8 Å². The summed E-state index contributed by atoms with van der Waals surface area (Å²) in [7, 11) is 6.43. The summed E-state index contributed by atoms with van der Waals surface area (Å²) in [6.07, 6.45) is 7.82. The Kier molecular flexibility index (Phi) is 7.63. The number of likely N-dealkylation sites (N-methyl/N-ethyl adjacent to an activating group) is 1. The zero-order chi connectivity index (χ0) is 24.9. The molecule has 2 amide bonds. The molecule has 2 aromatic carbocycles. The second kappa shape index (κ2) is 10.8. The predicted octanol–water partition coefficient (Wildman–Crippen LogP) is 4.63. The van der Waals surface area contributed by atoms with Crippen LogP contribution >= 0.6 is 0 Å². The maximum atomic E-state index is 13.8. The molecule has 186 valence electrons. The van der Waals surface area contributed by atoms with Gasteiger partial charge in [-0.15, -0.1) is 0 Å². The minimum Gasteiger partial charge on any atom is -0.497 e. The predicted molar refractivity (Wildman–Crippen MR) is 134 cm³/mol. The fourth-order valence-corrected chi connectivity index (χ4v) is 5.14. The molecule has 1 aliphatic heterocycles. The summed E-state index contributed by atoms with van der Waals surface area (Å²) in [4.78, 5) is 28.8. The van der Waals surface area contributed by atoms with Crippen molar-refractivity contribution in [2.24, 2.45) is 0 Å². The Bertz CT molecular complexity index is 1110. The normalized spacial score (nSPS) is 19.5. The standard InChI is InChI=1S/C28H34N2O5/c1-30-26(19-10-12-20(33-2)13-11-19)25(27(31)29-15-14-18-8-6-5-7-9-18)21-16-23(34-3)24(35-4)17-22(21)28(30)32/h8,10-13,16-17,25-26H,5-7,9,14-15H2,1-4H3,(H,29,31). The van der Waals surface area contributed by atoms with Crippen LogP contribution in [0.4, 0.5) is 0 Å². The van der Waals surface area contributed by atoms with Gasteiger partial charge in [0.25, 0.3) is 5.91 Å². The Hall–Kier alpha value is -3.48. The molecule has 7 heteroatoms. The highest BCUT2D eigenvalue weighted by molar-refractivity contribution is 6.02. The van der Waals surface area contributed by atoms with E-state index in [1.165, 1.54) is 25.5 Å². The van der Waals surface area contributed by atoms with Crippen LogP contribution in [0, 0.1) is 0 Å². The van der Waals surface area contributed by atoms with Crippen LogP contribution in [-0.4, -0.2) is 51.6 Å². The number of allylic oxidation sites excluding steroid dienone is 1. The topological polar surface area (TPSA) is 77.1 Å². The molecule has 2 aromatic rings. The number of rotatable bonds is 8. The first-order valence-electron chi connectivity index (χ1n) is 12.1. The number of fused-ring (bicyclic) bond motifs is 1. The molecule has 2 atom stereocenters. The fourth-order valence-electron chi connectivity index (χ4n) is 5.14. The molecular formula is C28H34N2O5. The Morgan fingerprint density at radius 3 is 2.37 bits per heavy atom. The number of nitrogens with one attached hydrogen (secondary N) is 1. The van der Waals surface area contributed by atoms with Gasteiger partial charge >= 0.3 is 0 Å². The monoisotopic (exact) mass is 478 g/mol. The maximum absolute atomic E-state index is 13.8. The quantitative estimate of drug-likeness (QED) is 0.560. The molecule has 0 aromatic heterocycles. The van der Waals surface area contributed by atoms with Gasteiger partial charge in [-0.05, 0) is 67.5 Å². The second-order valence-electron chi connectivity index (χ2n) is 9.06. The van der Waals surface area contributed by atoms with Crippen molar-refractivity contribution in [1.82, 2.24) is 10.2 Å². The van der Waals surface area contributed by atoms with Gasteiger partial charge in [0, 0.05) is 19.2 Å². The highest BCUT2D eigenvalue weighted by Crippen LogP contribution is 2.45. The van der Waals surface area contributed by atoms with Crippen molar-refractivity contribution in [2.75, 3.05) is 34.9 Å². The maximum Gasteiger partial charge on any atom is 0.254 e. The van der Waals surface area contributed by atoms with Crippen LogP contribution in [-0.2, 0) is 4.79 Å². The largest absolute Gasteiger partial charge is 0.497 e. The number of ether oxygens (including phenoxy) is 3. The lowest BCUT2D eigenvalue weighted by Crippen LogP contribution is -2.45. The smallest absolute Gasteiger partial charge is 0.254 e. The van der Waals surface area contributed by atoms with Crippen molar-refractivity contribution in [1.29, 1.82) is 0 Å². The third kappa shape index (κ3) is 4.99. The third-order valence-corrected chi connectivity index (χ3v) is 7.04. The molecule has 0 spiro atoms. The summed E-state index contributed by atoms with van der Waals surface area (Å²) in [5, 5.41) is 3.15. The van der Waals surface area contributed by atoms with Crippen molar-refractivity contribution in [3.8, 4) is 17.2 Å². The average molecular weight is 479 g/mol. The summed E-state index contributed by atoms with van der Waals surface area (Å²) < 4.78 is 16.3. The SMILES string of the molecule is COc1ccc(C2C(C(=O)NCCC3=CCCCC3)c3cc(OC)c(OC)cc3C(=O)N2C)cc1. The number of hydrogen-bond donors (Lipinski definition) is 1. The molecule has 1 heterocycles. The second-order valence-corrected chi connectivity index (χ2v) is 9.06. The minimum atomic E-state index is -0.610. The number of hydrogen-bond acceptors (Lipinski definition) is 5. The van der Waals surface area contributed by atoms with E-state index in [0.717, 1.165) is 24.8 Å². The van der Waals surface area contributed by atoms with Crippen molar-refractivity contribution in [2.45, 2.75) is 44.1 Å². The van der Waals surface area contributed by atoms with Gasteiger partial charge in [-0.3, -0.25) is 9.59 Å². The molecule has 2 unspecified atom stereocenters. The van der Waals surface area contributed by atoms with Crippen LogP contribution in [0.25, 0.3) is 0 Å². The van der Waals surface area contributed by atoms with Gasteiger partial charge in [0.05, 0.1) is 33.3 Å². The first-order chi connectivity index (χ1) is 17.0. The molecule has 1 aliphatic carbocycles. The number of amides is 2. The molecule has 7 nitrogen and oxygen atoms in total. The van der Waals surface area contributed by atoms with E-state index in [0.29, 0.717) is 34.9 Å². The Labute approximate surface area is 207 Å². The Morgan fingerprint density at radius 2 is 1.74 bits per heavy atom. The minimum absolute atomic E-state index is 0.116. The van der Waals surface area contributed by atoms with E-state index in [9.17, 15) is 9.59 Å². The van der Waals surface area contributed by atoms with E-state index in [4.69, 9.17) is 14.2 Å². The summed E-state index contributed by atoms with van der Waals surface area (Å²) in [5.41, 5.74) is 3.36. The summed E-state index contributed by atoms with van der Waals surface area (Å²) in [5.74, 6) is 0.767. The lowest BCUT2D eigenvalue weighted by Gasteiger charge is -2.40. The number of benzene rings is 2. The van der Waals surface area contributed by atoms with Crippen LogP contribution in [0.2, 0.25) is 0 Å². The van der Waals surface area contributed by atoms with Crippen LogP contribution < -0.4 is 19.5 Å². The molecule has 2 aliphatic rings. The zero-order valence-corrected chi connectivity index (χ0v) is 20.9. The van der Waals surface area contributed by atoms with E-state index < -0.39 is 12.0 Å². The summed E-state index contributed by atoms with van der Waals surface area (Å²) in [6, 6.07) is 10.5. The van der Waals surface area contributed by atoms with Crippen LogP contribution in [0.3, 0.4) is 0 Å². The fraction of sp³-hybridized carbons (Fsp3) is 0.429. The molecule has 0 fully saturated rings. The molecular weight excluding hydrogens is 444 g/mol. The molecule has 0 saturated carbocycles. The van der Waals surface area contributed by atoms with E-state index in [1.54, 1.807) is 38.3 Å². The highest BCUT2D eigenvalue weighted by atomic mass is 16.5. The van der Waals surface area contributed by atoms with Crippen LogP contribution in [0.15, 0.2) is 48.0 Å². The van der Waals surface area contributed by atoms with E-state index >= 15 is 0 Å². The molecule has 0 bridgehead atoms. The third-order valence-electron chi connectivity index (χ3n) is 7.04. The Morgan fingerprint density at radius 1 is 1.03 bits per heavy atom. The molecule has 35 heavy (non-hydrogen) atoms. The number of carbonyl (C=O) groups excluding carboxylic acids is 2. The number of nitrogens with zero attached hydrogens (tertiary/aromatic N) is 1. The van der Waals surface area contributed by atoms with Gasteiger partial charge < -0.3 is 24.4 Å². The van der Waals surface area contributed by atoms with E-state index in [2.05, 4.69) is 11.4 Å². The molecule has 4 rings (SSSR count). The molecule has 0 saturated heterocycles. The lowest BCUT2D eigenvalue weighted by molar-refractivity contribution is -0.124. The van der Waals surface area contributed by atoms with Crippen molar-refractivity contribution in [3.63, 3.8) is 0 Å². The Balaban J connectivity index is 1.72. The molecule has 0 radical (unpaired) electrons. The van der Waals surface area contributed by atoms with E-state index in [1.807, 2.05) is 24.3 Å². The highest BCUT2D eigenvalue weighted by Gasteiger charge is 2.43. The van der Waals surface area contributed by atoms with Gasteiger partial charge in [0.1, 0.15) is 5.75 Å². The summed E-state index contributed by atoms with van der Waals surface area (Å²) >= 11 is 0. The van der Waals surface area contributed by atoms with Crippen molar-refractivity contribution in [3.05, 3.63) is 64.7 Å². The van der Waals surface area contributed by atoms with Crippen molar-refractivity contribution >= 4 is 11.8 Å². The lowest BCUT2D eigenvalue weighted by atomic mass is 9.79. The van der Waals surface area contributed by atoms with Gasteiger partial charge in [0.2, 0.25) is 5.91 Å². The van der Waals surface area contributed by atoms with Crippen LogP contribution in [0.1, 0.15) is 65.5 Å². The number of methoxy groups -OCH3 is 3. The van der Waals surface area contributed by atoms with Gasteiger partial charge in [0.15, 0.2) is 11.5 Å². The molecule has 1 N–H and O–H groups in total. The number of carbonyl (C=O) groups is 2. The van der Waals surface area contributed by atoms with Crippen LogP contribution in [0.5, 0.6) is 17.2 Å². The van der Waals surface area contributed by atoms with Gasteiger partial charge in [-0.25, -0.2) is 0 Å².